The maximum Gasteiger partial charge on any atom is 0.411 e. The molecule has 0 rings (SSSR count). The molecule has 50 valence electrons. The average molecular weight is 129 g/mol. The molecule has 0 atom stereocenters. The standard InChI is InChI=1S/C3H4F3O2/c4-3(5,6)1-8-2-7/h1-2H2/q-1. The van der Waals surface area contributed by atoms with Gasteiger partial charge in [0.05, 0.1) is 0 Å². The molecule has 0 N–H and O–H groups in total. The van der Waals surface area contributed by atoms with Crippen LogP contribution in [-0.4, -0.2) is 19.6 Å². The summed E-state index contributed by atoms with van der Waals surface area (Å²) in [6.45, 7) is -2.59. The fourth-order valence-corrected chi connectivity index (χ4v) is 0.157. The third-order valence-corrected chi connectivity index (χ3v) is 0.349. The van der Waals surface area contributed by atoms with Crippen LogP contribution >= 0.6 is 0 Å². The second-order valence-electron chi connectivity index (χ2n) is 1.08. The van der Waals surface area contributed by atoms with Gasteiger partial charge >= 0.3 is 6.18 Å². The zero-order chi connectivity index (χ0) is 6.62. The quantitative estimate of drug-likeness (QED) is 0.487. The van der Waals surface area contributed by atoms with E-state index in [4.69, 9.17) is 0 Å². The van der Waals surface area contributed by atoms with Crippen molar-refractivity contribution in [3.8, 4) is 0 Å². The highest BCUT2D eigenvalue weighted by molar-refractivity contribution is 4.42. The van der Waals surface area contributed by atoms with E-state index in [0.717, 1.165) is 0 Å². The predicted molar refractivity (Wildman–Crippen MR) is 16.9 cm³/mol. The van der Waals surface area contributed by atoms with E-state index >= 15 is 0 Å². The second-order valence-corrected chi connectivity index (χ2v) is 1.08. The van der Waals surface area contributed by atoms with Gasteiger partial charge in [0.25, 0.3) is 0 Å². The van der Waals surface area contributed by atoms with Crippen molar-refractivity contribution in [2.75, 3.05) is 13.4 Å². The van der Waals surface area contributed by atoms with E-state index in [1.54, 1.807) is 0 Å². The van der Waals surface area contributed by atoms with Crippen LogP contribution in [-0.2, 0) is 4.74 Å². The molecule has 0 saturated heterocycles. The Labute approximate surface area is 43.9 Å². The summed E-state index contributed by atoms with van der Waals surface area (Å²) in [6, 6.07) is 0. The molecular weight excluding hydrogens is 125 g/mol. The third-order valence-electron chi connectivity index (χ3n) is 0.349. The van der Waals surface area contributed by atoms with E-state index in [1.165, 1.54) is 0 Å². The Hall–Kier alpha value is -0.290. The van der Waals surface area contributed by atoms with E-state index in [9.17, 15) is 18.3 Å². The molecule has 2 nitrogen and oxygen atoms in total. The summed E-state index contributed by atoms with van der Waals surface area (Å²) in [5.41, 5.74) is 0. The molecule has 0 amide bonds. The van der Waals surface area contributed by atoms with E-state index in [-0.39, 0.29) is 0 Å². The smallest absolute Gasteiger partial charge is 0.411 e. The minimum absolute atomic E-state index is 1.14. The number of alkyl halides is 3. The van der Waals surface area contributed by atoms with Crippen LogP contribution in [0.2, 0.25) is 0 Å². The summed E-state index contributed by atoms with van der Waals surface area (Å²) in [6.07, 6.45) is -4.37. The lowest BCUT2D eigenvalue weighted by Crippen LogP contribution is -2.21. The van der Waals surface area contributed by atoms with Crippen LogP contribution in [0.15, 0.2) is 0 Å². The van der Waals surface area contributed by atoms with Gasteiger partial charge in [0.15, 0.2) is 0 Å². The van der Waals surface area contributed by atoms with Gasteiger partial charge in [0.2, 0.25) is 0 Å². The van der Waals surface area contributed by atoms with E-state index < -0.39 is 19.6 Å². The molecule has 0 aromatic heterocycles. The van der Waals surface area contributed by atoms with Gasteiger partial charge in [-0.05, 0) is 6.79 Å². The van der Waals surface area contributed by atoms with Crippen LogP contribution in [0, 0.1) is 0 Å². The Morgan fingerprint density at radius 3 is 2.00 bits per heavy atom. The topological polar surface area (TPSA) is 32.3 Å². The Bertz CT molecular complexity index is 60.0. The van der Waals surface area contributed by atoms with Crippen LogP contribution in [0.1, 0.15) is 0 Å². The summed E-state index contributed by atoms with van der Waals surface area (Å²) >= 11 is 0. The molecule has 0 aromatic rings. The lowest BCUT2D eigenvalue weighted by atomic mass is 10.7. The molecule has 5 heteroatoms. The summed E-state index contributed by atoms with van der Waals surface area (Å²) in [5, 5.41) is 9.25. The highest BCUT2D eigenvalue weighted by Crippen LogP contribution is 2.13. The Kier molecular flexibility index (Phi) is 2.78. The first-order valence-corrected chi connectivity index (χ1v) is 1.79. The first-order valence-electron chi connectivity index (χ1n) is 1.79. The minimum Gasteiger partial charge on any atom is -0.834 e. The first-order chi connectivity index (χ1) is 3.56. The Balaban J connectivity index is 3.11. The third kappa shape index (κ3) is 5.71. The fraction of sp³-hybridized carbons (Fsp3) is 1.00. The van der Waals surface area contributed by atoms with Crippen molar-refractivity contribution in [1.82, 2.24) is 0 Å². The molecule has 0 aliphatic rings. The Morgan fingerprint density at radius 1 is 1.38 bits per heavy atom. The maximum absolute atomic E-state index is 11.0. The average Bonchev–Trinajstić information content (AvgIpc) is 1.59. The van der Waals surface area contributed by atoms with Crippen molar-refractivity contribution in [3.63, 3.8) is 0 Å². The molecule has 0 aromatic carbocycles. The van der Waals surface area contributed by atoms with Crippen LogP contribution < -0.4 is 5.11 Å². The van der Waals surface area contributed by atoms with Gasteiger partial charge in [-0.3, -0.25) is 0 Å². The van der Waals surface area contributed by atoms with Crippen LogP contribution in [0.3, 0.4) is 0 Å². The van der Waals surface area contributed by atoms with Crippen molar-refractivity contribution in [2.45, 2.75) is 6.18 Å². The molecule has 0 fully saturated rings. The van der Waals surface area contributed by atoms with Crippen LogP contribution in [0.25, 0.3) is 0 Å². The Morgan fingerprint density at radius 2 is 1.88 bits per heavy atom. The number of hydrogen-bond acceptors (Lipinski definition) is 2. The zero-order valence-electron chi connectivity index (χ0n) is 3.86. The van der Waals surface area contributed by atoms with Gasteiger partial charge in [-0.2, -0.15) is 13.2 Å². The molecule has 8 heavy (non-hydrogen) atoms. The molecule has 0 aliphatic heterocycles. The van der Waals surface area contributed by atoms with Gasteiger partial charge < -0.3 is 9.84 Å². The SMILES string of the molecule is [O-]COCC(F)(F)F. The van der Waals surface area contributed by atoms with Crippen molar-refractivity contribution in [1.29, 1.82) is 0 Å². The summed E-state index contributed by atoms with van der Waals surface area (Å²) in [4.78, 5) is 0. The van der Waals surface area contributed by atoms with Crippen LogP contribution in [0.5, 0.6) is 0 Å². The highest BCUT2D eigenvalue weighted by atomic mass is 19.4. The van der Waals surface area contributed by atoms with Gasteiger partial charge in [0.1, 0.15) is 6.61 Å². The molecule has 0 heterocycles. The van der Waals surface area contributed by atoms with E-state index in [2.05, 4.69) is 4.74 Å². The van der Waals surface area contributed by atoms with Gasteiger partial charge in [0, 0.05) is 0 Å². The zero-order valence-corrected chi connectivity index (χ0v) is 3.86. The number of hydrogen-bond donors (Lipinski definition) is 0. The summed E-state index contributed by atoms with van der Waals surface area (Å²) in [7, 11) is 0. The van der Waals surface area contributed by atoms with Crippen molar-refractivity contribution in [3.05, 3.63) is 0 Å². The van der Waals surface area contributed by atoms with Crippen LogP contribution in [0.4, 0.5) is 13.2 Å². The summed E-state index contributed by atoms with van der Waals surface area (Å²) in [5.74, 6) is 0. The van der Waals surface area contributed by atoms with Crippen molar-refractivity contribution >= 4 is 0 Å². The number of ether oxygens (including phenoxy) is 1. The number of halogens is 3. The number of rotatable bonds is 2. The predicted octanol–water partition coefficient (Wildman–Crippen LogP) is -0.117. The fourth-order valence-electron chi connectivity index (χ4n) is 0.157. The van der Waals surface area contributed by atoms with E-state index in [1.807, 2.05) is 0 Å². The largest absolute Gasteiger partial charge is 0.834 e. The van der Waals surface area contributed by atoms with Gasteiger partial charge in [-0.1, -0.05) is 0 Å². The molecular formula is C3H4F3O2-. The molecule has 0 saturated carbocycles. The van der Waals surface area contributed by atoms with Gasteiger partial charge in [-0.15, -0.1) is 0 Å². The van der Waals surface area contributed by atoms with E-state index in [0.29, 0.717) is 0 Å². The van der Waals surface area contributed by atoms with Crippen molar-refractivity contribution in [2.24, 2.45) is 0 Å². The lowest BCUT2D eigenvalue weighted by Gasteiger charge is -2.08. The molecule has 0 bridgehead atoms. The molecule has 0 radical (unpaired) electrons. The highest BCUT2D eigenvalue weighted by Gasteiger charge is 2.26. The maximum atomic E-state index is 11.0. The summed E-state index contributed by atoms with van der Waals surface area (Å²) < 4.78 is 36.5. The van der Waals surface area contributed by atoms with Crippen molar-refractivity contribution < 1.29 is 23.0 Å². The van der Waals surface area contributed by atoms with Gasteiger partial charge in [-0.25, -0.2) is 0 Å². The monoisotopic (exact) mass is 129 g/mol. The molecule has 0 unspecified atom stereocenters. The molecule has 0 spiro atoms. The second kappa shape index (κ2) is 2.88. The normalized spacial score (nSPS) is 12.0. The minimum atomic E-state index is -4.37. The lowest BCUT2D eigenvalue weighted by molar-refractivity contribution is -0.438. The molecule has 0 aliphatic carbocycles. The first kappa shape index (κ1) is 7.71.